The number of sulfone groups is 1. The number of hydrogen-bond acceptors (Lipinski definition) is 5. The molecule has 10 heteroatoms. The fourth-order valence-electron chi connectivity index (χ4n) is 3.15. The van der Waals surface area contributed by atoms with Crippen molar-refractivity contribution in [3.63, 3.8) is 0 Å². The molecule has 0 fully saturated rings. The first-order valence-corrected chi connectivity index (χ1v) is 10.6. The molecule has 0 spiro atoms. The lowest BCUT2D eigenvalue weighted by Gasteiger charge is -2.40. The highest BCUT2D eigenvalue weighted by molar-refractivity contribution is 14.1. The van der Waals surface area contributed by atoms with E-state index in [4.69, 9.17) is 0 Å². The van der Waals surface area contributed by atoms with Crippen LogP contribution in [0.15, 0.2) is 23.2 Å². The number of nitro groups is 1. The smallest absolute Gasteiger partial charge is 0.270 e. The molecule has 0 saturated heterocycles. The molecule has 1 heterocycles. The van der Waals surface area contributed by atoms with Gasteiger partial charge in [-0.1, -0.05) is 22.6 Å². The van der Waals surface area contributed by atoms with Gasteiger partial charge < -0.3 is 0 Å². The fourth-order valence-corrected chi connectivity index (χ4v) is 6.75. The quantitative estimate of drug-likeness (QED) is 0.276. The minimum absolute atomic E-state index is 0.0614. The molecule has 138 valence electrons. The summed E-state index contributed by atoms with van der Waals surface area (Å²) in [6.45, 7) is 1.69. The molecule has 1 aromatic carbocycles. The molecule has 0 bridgehead atoms. The van der Waals surface area contributed by atoms with Gasteiger partial charge in [-0.2, -0.15) is 0 Å². The third-order valence-corrected chi connectivity index (χ3v) is 7.88. The number of non-ortho nitro benzene ring substituents is 1. The molecule has 2 rings (SSSR count). The van der Waals surface area contributed by atoms with E-state index in [1.807, 2.05) is 22.6 Å². The zero-order valence-electron chi connectivity index (χ0n) is 13.6. The van der Waals surface area contributed by atoms with E-state index in [9.17, 15) is 27.3 Å². The van der Waals surface area contributed by atoms with E-state index in [1.54, 1.807) is 0 Å². The minimum Gasteiger partial charge on any atom is -0.280 e. The maximum absolute atomic E-state index is 14.3. The van der Waals surface area contributed by atoms with Crippen LogP contribution in [0.1, 0.15) is 25.8 Å². The molecule has 0 unspecified atom stereocenters. The zero-order chi connectivity index (χ0) is 19.0. The molecule has 25 heavy (non-hydrogen) atoms. The second kappa shape index (κ2) is 6.86. The number of halogens is 3. The van der Waals surface area contributed by atoms with Crippen LogP contribution in [0.4, 0.5) is 14.5 Å². The number of alkyl halides is 2. The Labute approximate surface area is 157 Å². The zero-order valence-corrected chi connectivity index (χ0v) is 16.6. The second-order valence-corrected chi connectivity index (χ2v) is 9.60. The van der Waals surface area contributed by atoms with E-state index in [-0.39, 0.29) is 23.4 Å². The van der Waals surface area contributed by atoms with Crippen LogP contribution in [0.2, 0.25) is 0 Å². The Balaban J connectivity index is 2.69. The van der Waals surface area contributed by atoms with Crippen LogP contribution in [-0.4, -0.2) is 40.7 Å². The molecule has 1 aliphatic heterocycles. The topological polar surface area (TPSA) is 89.6 Å². The van der Waals surface area contributed by atoms with Crippen LogP contribution >= 0.6 is 22.6 Å². The number of rotatable bonds is 5. The Kier molecular flexibility index (Phi) is 5.53. The molecule has 0 aromatic heterocycles. The van der Waals surface area contributed by atoms with Gasteiger partial charge in [0, 0.05) is 27.8 Å². The predicted molar refractivity (Wildman–Crippen MR) is 99.5 cm³/mol. The van der Waals surface area contributed by atoms with Gasteiger partial charge in [-0.05, 0) is 26.3 Å². The molecule has 0 aliphatic carbocycles. The van der Waals surface area contributed by atoms with Gasteiger partial charge in [0.25, 0.3) is 5.69 Å². The van der Waals surface area contributed by atoms with Crippen molar-refractivity contribution >= 4 is 43.8 Å². The standard InChI is InChI=1S/C15H17F2IN2O4S/c1-10-15(8-16,5-6-18)25(23,24)9-14(2,19-10)12-7-11(20(21)22)3-4-13(12)17/h3-4,7H,5-6,8-9H2,1-2H3/t14-,15+/m0/s1. The van der Waals surface area contributed by atoms with E-state index in [0.29, 0.717) is 4.43 Å². The van der Waals surface area contributed by atoms with E-state index in [2.05, 4.69) is 4.99 Å². The maximum Gasteiger partial charge on any atom is 0.270 e. The molecule has 0 radical (unpaired) electrons. The summed E-state index contributed by atoms with van der Waals surface area (Å²) in [7, 11) is -4.00. The summed E-state index contributed by atoms with van der Waals surface area (Å²) in [6, 6.07) is 2.90. The van der Waals surface area contributed by atoms with Crippen LogP contribution in [0.5, 0.6) is 0 Å². The Morgan fingerprint density at radius 1 is 1.44 bits per heavy atom. The number of nitrogens with zero attached hydrogens (tertiary/aromatic N) is 2. The summed E-state index contributed by atoms with van der Waals surface area (Å²) in [5, 5.41) is 11.0. The Bertz CT molecular complexity index is 846. The van der Waals surface area contributed by atoms with E-state index in [0.717, 1.165) is 18.2 Å². The van der Waals surface area contributed by atoms with Gasteiger partial charge in [0.2, 0.25) is 0 Å². The lowest BCUT2D eigenvalue weighted by molar-refractivity contribution is -0.385. The van der Waals surface area contributed by atoms with Crippen LogP contribution in [-0.2, 0) is 15.4 Å². The monoisotopic (exact) mass is 486 g/mol. The first-order valence-electron chi connectivity index (χ1n) is 7.38. The number of hydrogen-bond donors (Lipinski definition) is 0. The van der Waals surface area contributed by atoms with Crippen molar-refractivity contribution in [2.75, 3.05) is 16.9 Å². The molecule has 6 nitrogen and oxygen atoms in total. The summed E-state index contributed by atoms with van der Waals surface area (Å²) in [4.78, 5) is 14.6. The summed E-state index contributed by atoms with van der Waals surface area (Å²) in [6.07, 6.45) is 0.0647. The van der Waals surface area contributed by atoms with Crippen molar-refractivity contribution in [1.29, 1.82) is 0 Å². The lowest BCUT2D eigenvalue weighted by atomic mass is 9.91. The van der Waals surface area contributed by atoms with E-state index in [1.165, 1.54) is 13.8 Å². The van der Waals surface area contributed by atoms with Crippen LogP contribution in [0, 0.1) is 15.9 Å². The van der Waals surface area contributed by atoms with E-state index >= 15 is 0 Å². The fraction of sp³-hybridized carbons (Fsp3) is 0.533. The van der Waals surface area contributed by atoms with Crippen molar-refractivity contribution in [2.24, 2.45) is 4.99 Å². The van der Waals surface area contributed by atoms with Crippen LogP contribution in [0.25, 0.3) is 0 Å². The predicted octanol–water partition coefficient (Wildman–Crippen LogP) is 3.37. The minimum atomic E-state index is -4.00. The highest BCUT2D eigenvalue weighted by atomic mass is 127. The van der Waals surface area contributed by atoms with Crippen molar-refractivity contribution in [2.45, 2.75) is 30.6 Å². The average molecular weight is 486 g/mol. The molecule has 0 saturated carbocycles. The van der Waals surface area contributed by atoms with Gasteiger partial charge in [-0.25, -0.2) is 17.2 Å². The summed E-state index contributed by atoms with van der Waals surface area (Å²) < 4.78 is 52.5. The van der Waals surface area contributed by atoms with Crippen molar-refractivity contribution in [3.05, 3.63) is 39.7 Å². The third-order valence-electron chi connectivity index (χ3n) is 4.60. The maximum atomic E-state index is 14.3. The largest absolute Gasteiger partial charge is 0.280 e. The molecular formula is C15H17F2IN2O4S. The van der Waals surface area contributed by atoms with Gasteiger partial charge in [0.1, 0.15) is 17.2 Å². The average Bonchev–Trinajstić information content (AvgIpc) is 2.50. The molecule has 1 aromatic rings. The van der Waals surface area contributed by atoms with Gasteiger partial charge >= 0.3 is 0 Å². The van der Waals surface area contributed by atoms with Gasteiger partial charge in [-0.3, -0.25) is 15.1 Å². The summed E-state index contributed by atoms with van der Waals surface area (Å²) >= 11 is 1.97. The lowest BCUT2D eigenvalue weighted by Crippen LogP contribution is -2.56. The SMILES string of the molecule is CC1=N[C@](C)(c2cc([N+](=O)[O-])ccc2F)CS(=O)(=O)[C@@]1(CF)CCI. The van der Waals surface area contributed by atoms with Gasteiger partial charge in [0.15, 0.2) is 9.84 Å². The third kappa shape index (κ3) is 3.29. The Morgan fingerprint density at radius 2 is 2.08 bits per heavy atom. The first-order chi connectivity index (χ1) is 11.5. The summed E-state index contributed by atoms with van der Waals surface area (Å²) in [5.41, 5.74) is -2.04. The van der Waals surface area contributed by atoms with Crippen LogP contribution < -0.4 is 0 Å². The summed E-state index contributed by atoms with van der Waals surface area (Å²) in [5.74, 6) is -1.41. The number of nitro benzene ring substituents is 1. The first kappa shape index (κ1) is 20.1. The number of aliphatic imine (C=N–C) groups is 1. The van der Waals surface area contributed by atoms with Crippen molar-refractivity contribution in [3.8, 4) is 0 Å². The molecule has 2 atom stereocenters. The van der Waals surface area contributed by atoms with Crippen molar-refractivity contribution in [1.82, 2.24) is 0 Å². The Hall–Kier alpha value is -1.17. The highest BCUT2D eigenvalue weighted by Gasteiger charge is 2.54. The highest BCUT2D eigenvalue weighted by Crippen LogP contribution is 2.41. The van der Waals surface area contributed by atoms with Gasteiger partial charge in [0.05, 0.1) is 16.2 Å². The van der Waals surface area contributed by atoms with Crippen LogP contribution in [0.3, 0.4) is 0 Å². The van der Waals surface area contributed by atoms with Gasteiger partial charge in [-0.15, -0.1) is 0 Å². The molecule has 0 N–H and O–H groups in total. The number of benzene rings is 1. The molecule has 1 aliphatic rings. The van der Waals surface area contributed by atoms with E-state index < -0.39 is 43.3 Å². The molecular weight excluding hydrogens is 469 g/mol. The molecule has 0 amide bonds. The van der Waals surface area contributed by atoms with Crippen molar-refractivity contribution < 1.29 is 22.1 Å². The normalized spacial score (nSPS) is 28.4. The second-order valence-electron chi connectivity index (χ2n) is 6.22. The Morgan fingerprint density at radius 3 is 2.56 bits per heavy atom.